The maximum atomic E-state index is 13.5. The molecule has 2 heterocycles. The van der Waals surface area contributed by atoms with Crippen molar-refractivity contribution in [3.63, 3.8) is 0 Å². The first-order chi connectivity index (χ1) is 17.9. The number of rotatable bonds is 7. The SMILES string of the molecule is CCCOc1ccc(C2C(=C(O)c3ccc(F)cc3)C(=O)C(=O)N2c2nc3ccc(CC)cc3s2)cc1. The minimum absolute atomic E-state index is 0.0765. The molecule has 3 aromatic carbocycles. The fourth-order valence-corrected chi connectivity index (χ4v) is 5.41. The van der Waals surface area contributed by atoms with E-state index in [4.69, 9.17) is 4.74 Å². The van der Waals surface area contributed by atoms with Crippen molar-refractivity contribution in [3.05, 3.63) is 94.8 Å². The van der Waals surface area contributed by atoms with Crippen LogP contribution in [0.2, 0.25) is 0 Å². The monoisotopic (exact) mass is 516 g/mol. The van der Waals surface area contributed by atoms with Crippen LogP contribution in [0.5, 0.6) is 5.75 Å². The molecule has 1 aliphatic heterocycles. The van der Waals surface area contributed by atoms with E-state index in [0.29, 0.717) is 23.1 Å². The van der Waals surface area contributed by atoms with Crippen LogP contribution in [0.15, 0.2) is 72.3 Å². The quantitative estimate of drug-likeness (QED) is 0.174. The molecule has 6 nitrogen and oxygen atoms in total. The molecule has 0 saturated carbocycles. The van der Waals surface area contributed by atoms with E-state index in [-0.39, 0.29) is 16.9 Å². The number of aromatic nitrogens is 1. The number of aryl methyl sites for hydroxylation is 1. The van der Waals surface area contributed by atoms with Crippen LogP contribution in [0.1, 0.15) is 43.0 Å². The maximum Gasteiger partial charge on any atom is 0.301 e. The largest absolute Gasteiger partial charge is 0.507 e. The van der Waals surface area contributed by atoms with Gasteiger partial charge >= 0.3 is 5.91 Å². The number of aliphatic hydroxyl groups is 1. The molecular formula is C29H25FN2O4S. The van der Waals surface area contributed by atoms with Crippen LogP contribution >= 0.6 is 11.3 Å². The van der Waals surface area contributed by atoms with Crippen molar-refractivity contribution in [2.75, 3.05) is 11.5 Å². The number of anilines is 1. The Bertz CT molecular complexity index is 1510. The highest BCUT2D eigenvalue weighted by Crippen LogP contribution is 2.44. The Morgan fingerprint density at radius 1 is 1.05 bits per heavy atom. The van der Waals surface area contributed by atoms with E-state index in [0.717, 1.165) is 28.6 Å². The van der Waals surface area contributed by atoms with Gasteiger partial charge in [-0.1, -0.05) is 43.4 Å². The molecule has 0 bridgehead atoms. The molecular weight excluding hydrogens is 491 g/mol. The van der Waals surface area contributed by atoms with Crippen molar-refractivity contribution in [1.29, 1.82) is 0 Å². The number of carbonyl (C=O) groups is 2. The van der Waals surface area contributed by atoms with Crippen LogP contribution in [0.3, 0.4) is 0 Å². The van der Waals surface area contributed by atoms with Gasteiger partial charge in [0.1, 0.15) is 17.3 Å². The third-order valence-corrected chi connectivity index (χ3v) is 7.30. The van der Waals surface area contributed by atoms with Crippen molar-refractivity contribution in [3.8, 4) is 5.75 Å². The molecule has 1 N–H and O–H groups in total. The number of thiazole rings is 1. The predicted molar refractivity (Wildman–Crippen MR) is 142 cm³/mol. The van der Waals surface area contributed by atoms with Gasteiger partial charge in [-0.2, -0.15) is 0 Å². The number of benzene rings is 3. The average Bonchev–Trinajstić information content (AvgIpc) is 3.45. The molecule has 4 aromatic rings. The highest BCUT2D eigenvalue weighted by molar-refractivity contribution is 7.22. The lowest BCUT2D eigenvalue weighted by Gasteiger charge is -2.23. The van der Waals surface area contributed by atoms with E-state index >= 15 is 0 Å². The molecule has 8 heteroatoms. The molecule has 1 unspecified atom stereocenters. The first kappa shape index (κ1) is 24.6. The lowest BCUT2D eigenvalue weighted by Crippen LogP contribution is -2.29. The summed E-state index contributed by atoms with van der Waals surface area (Å²) in [4.78, 5) is 32.8. The van der Waals surface area contributed by atoms with Gasteiger partial charge in [-0.15, -0.1) is 0 Å². The zero-order chi connectivity index (χ0) is 26.1. The zero-order valence-corrected chi connectivity index (χ0v) is 21.2. The summed E-state index contributed by atoms with van der Waals surface area (Å²) in [7, 11) is 0. The highest BCUT2D eigenvalue weighted by atomic mass is 32.1. The molecule has 1 aliphatic rings. The molecule has 5 rings (SSSR count). The summed E-state index contributed by atoms with van der Waals surface area (Å²) >= 11 is 1.32. The predicted octanol–water partition coefficient (Wildman–Crippen LogP) is 6.41. The fourth-order valence-electron chi connectivity index (χ4n) is 4.35. The van der Waals surface area contributed by atoms with E-state index < -0.39 is 23.5 Å². The molecule has 0 spiro atoms. The molecule has 1 fully saturated rings. The second-order valence-electron chi connectivity index (χ2n) is 8.75. The number of hydrogen-bond acceptors (Lipinski definition) is 6. The number of ether oxygens (including phenoxy) is 1. The van der Waals surface area contributed by atoms with Gasteiger partial charge in [0.05, 0.1) is 28.4 Å². The smallest absolute Gasteiger partial charge is 0.301 e. The normalized spacial score (nSPS) is 17.1. The highest BCUT2D eigenvalue weighted by Gasteiger charge is 2.48. The third kappa shape index (κ3) is 4.60. The second kappa shape index (κ2) is 10.1. The van der Waals surface area contributed by atoms with E-state index in [2.05, 4.69) is 11.9 Å². The summed E-state index contributed by atoms with van der Waals surface area (Å²) in [6.45, 7) is 4.64. The number of nitrogens with zero attached hydrogens (tertiary/aromatic N) is 2. The van der Waals surface area contributed by atoms with Crippen LogP contribution < -0.4 is 9.64 Å². The standard InChI is InChI=1S/C29H25FN2O4S/c1-3-15-36-21-12-8-18(9-13-21)25-24(26(33)19-6-10-20(30)11-7-19)27(34)28(35)32(25)29-31-22-14-5-17(4-2)16-23(22)37-29/h5-14,16,25,33H,3-4,15H2,1-2H3. The minimum atomic E-state index is -0.920. The van der Waals surface area contributed by atoms with E-state index in [1.54, 1.807) is 24.3 Å². The molecule has 0 aliphatic carbocycles. The molecule has 1 atom stereocenters. The van der Waals surface area contributed by atoms with Crippen LogP contribution in [-0.2, 0) is 16.0 Å². The van der Waals surface area contributed by atoms with Crippen LogP contribution in [0, 0.1) is 5.82 Å². The number of halogens is 1. The summed E-state index contributed by atoms with van der Waals surface area (Å²) in [6, 6.07) is 17.2. The Kier molecular flexibility index (Phi) is 6.76. The molecule has 0 radical (unpaired) electrons. The summed E-state index contributed by atoms with van der Waals surface area (Å²) in [5.41, 5.74) is 2.64. The molecule has 37 heavy (non-hydrogen) atoms. The Labute approximate surface area is 217 Å². The Balaban J connectivity index is 1.66. The number of carbonyl (C=O) groups excluding carboxylic acids is 2. The molecule has 188 valence electrons. The van der Waals surface area contributed by atoms with E-state index in [9.17, 15) is 19.1 Å². The van der Waals surface area contributed by atoms with E-state index in [1.807, 2.05) is 25.1 Å². The van der Waals surface area contributed by atoms with Gasteiger partial charge in [0.15, 0.2) is 5.13 Å². The summed E-state index contributed by atoms with van der Waals surface area (Å²) in [5.74, 6) is -1.79. The summed E-state index contributed by atoms with van der Waals surface area (Å²) in [6.07, 6.45) is 1.72. The van der Waals surface area contributed by atoms with Crippen LogP contribution in [0.25, 0.3) is 16.0 Å². The van der Waals surface area contributed by atoms with Gasteiger partial charge in [0, 0.05) is 5.56 Å². The molecule has 1 saturated heterocycles. The van der Waals surface area contributed by atoms with Gasteiger partial charge < -0.3 is 9.84 Å². The number of fused-ring (bicyclic) bond motifs is 1. The number of hydrogen-bond donors (Lipinski definition) is 1. The number of Topliss-reactive ketones (excluding diaryl/α,β-unsaturated/α-hetero) is 1. The Hall–Kier alpha value is -4.04. The first-order valence-electron chi connectivity index (χ1n) is 12.1. The number of ketones is 1. The first-order valence-corrected chi connectivity index (χ1v) is 12.9. The van der Waals surface area contributed by atoms with Gasteiger partial charge in [-0.3, -0.25) is 14.5 Å². The maximum absolute atomic E-state index is 13.5. The van der Waals surface area contributed by atoms with Crippen LogP contribution in [0.4, 0.5) is 9.52 Å². The van der Waals surface area contributed by atoms with Crippen molar-refractivity contribution >= 4 is 44.1 Å². The van der Waals surface area contributed by atoms with Gasteiger partial charge in [-0.25, -0.2) is 9.37 Å². The Morgan fingerprint density at radius 3 is 2.46 bits per heavy atom. The topological polar surface area (TPSA) is 79.7 Å². The molecule has 1 amide bonds. The third-order valence-electron chi connectivity index (χ3n) is 6.29. The van der Waals surface area contributed by atoms with Crippen molar-refractivity contribution in [1.82, 2.24) is 4.98 Å². The van der Waals surface area contributed by atoms with Gasteiger partial charge in [0.25, 0.3) is 5.78 Å². The second-order valence-corrected chi connectivity index (χ2v) is 9.75. The Morgan fingerprint density at radius 2 is 1.78 bits per heavy atom. The van der Waals surface area contributed by atoms with Gasteiger partial charge in [0.2, 0.25) is 0 Å². The van der Waals surface area contributed by atoms with E-state index in [1.165, 1.54) is 40.5 Å². The lowest BCUT2D eigenvalue weighted by atomic mass is 9.95. The van der Waals surface area contributed by atoms with Gasteiger partial charge in [-0.05, 0) is 72.5 Å². The van der Waals surface area contributed by atoms with Crippen LogP contribution in [-0.4, -0.2) is 28.4 Å². The lowest BCUT2D eigenvalue weighted by molar-refractivity contribution is -0.132. The average molecular weight is 517 g/mol. The molecule has 1 aromatic heterocycles. The summed E-state index contributed by atoms with van der Waals surface area (Å²) < 4.78 is 20.1. The summed E-state index contributed by atoms with van der Waals surface area (Å²) in [5, 5.41) is 11.6. The van der Waals surface area contributed by atoms with Crippen molar-refractivity contribution in [2.45, 2.75) is 32.7 Å². The fraction of sp³-hybridized carbons (Fsp3) is 0.207. The number of amides is 1. The van der Waals surface area contributed by atoms with Crippen molar-refractivity contribution < 1.29 is 23.8 Å². The van der Waals surface area contributed by atoms with Crippen molar-refractivity contribution in [2.24, 2.45) is 0 Å². The number of aliphatic hydroxyl groups excluding tert-OH is 1. The minimum Gasteiger partial charge on any atom is -0.507 e. The zero-order valence-electron chi connectivity index (χ0n) is 20.4.